The van der Waals surface area contributed by atoms with Crippen molar-refractivity contribution in [3.05, 3.63) is 76.1 Å². The van der Waals surface area contributed by atoms with Crippen LogP contribution in [-0.4, -0.2) is 52.1 Å². The number of carbonyl (C=O) groups is 3. The Morgan fingerprint density at radius 3 is 2.55 bits per heavy atom. The van der Waals surface area contributed by atoms with Crippen LogP contribution in [0.25, 0.3) is 0 Å². The number of amides is 3. The largest absolute Gasteiger partial charge is 0.439 e. The van der Waals surface area contributed by atoms with E-state index in [9.17, 15) is 14.4 Å². The molecule has 2 unspecified atom stereocenters. The molecule has 3 amide bonds. The molecule has 0 saturated carbocycles. The summed E-state index contributed by atoms with van der Waals surface area (Å²) < 4.78 is 5.64. The summed E-state index contributed by atoms with van der Waals surface area (Å²) in [6.45, 7) is 3.95. The van der Waals surface area contributed by atoms with Crippen LogP contribution in [-0.2, 0) is 16.1 Å². The second-order valence-corrected chi connectivity index (χ2v) is 10.2. The first-order valence-corrected chi connectivity index (χ1v) is 13.1. The Morgan fingerprint density at radius 1 is 1.13 bits per heavy atom. The summed E-state index contributed by atoms with van der Waals surface area (Å²) in [6.07, 6.45) is 1.92. The van der Waals surface area contributed by atoms with E-state index in [1.807, 2.05) is 32.0 Å². The Hall–Kier alpha value is -4.25. The molecular weight excluding hydrogens is 504 g/mol. The lowest BCUT2D eigenvalue weighted by Gasteiger charge is -2.28. The molecule has 1 saturated heterocycles. The average Bonchev–Trinajstić information content (AvgIpc) is 3.51. The Labute approximate surface area is 224 Å². The number of rotatable bonds is 9. The van der Waals surface area contributed by atoms with Crippen LogP contribution in [0.2, 0.25) is 0 Å². The molecule has 0 spiro atoms. The van der Waals surface area contributed by atoms with Gasteiger partial charge in [-0.15, -0.1) is 11.3 Å². The minimum absolute atomic E-state index is 0.0247. The quantitative estimate of drug-likeness (QED) is 0.245. The van der Waals surface area contributed by atoms with Gasteiger partial charge in [0.15, 0.2) is 0 Å². The fraction of sp³-hybridized carbons (Fsp3) is 0.296. The third kappa shape index (κ3) is 6.35. The van der Waals surface area contributed by atoms with Crippen molar-refractivity contribution in [3.8, 4) is 11.6 Å². The van der Waals surface area contributed by atoms with E-state index in [0.717, 1.165) is 4.88 Å². The molecule has 3 aromatic rings. The number of amidine groups is 1. The first kappa shape index (κ1) is 26.8. The lowest BCUT2D eigenvalue weighted by molar-refractivity contribution is -0.139. The molecule has 4 rings (SSSR count). The second-order valence-electron chi connectivity index (χ2n) is 9.19. The van der Waals surface area contributed by atoms with Crippen molar-refractivity contribution in [2.75, 3.05) is 6.54 Å². The molecular formula is C27H30N6O4S. The maximum atomic E-state index is 13.1. The van der Waals surface area contributed by atoms with Crippen LogP contribution in [0.4, 0.5) is 0 Å². The van der Waals surface area contributed by atoms with Crippen LogP contribution in [0.15, 0.2) is 60.1 Å². The van der Waals surface area contributed by atoms with E-state index in [-0.39, 0.29) is 48.3 Å². The van der Waals surface area contributed by atoms with Crippen LogP contribution in [0.5, 0.6) is 11.6 Å². The van der Waals surface area contributed by atoms with Gasteiger partial charge in [-0.1, -0.05) is 25.1 Å². The highest BCUT2D eigenvalue weighted by Gasteiger charge is 2.42. The van der Waals surface area contributed by atoms with E-state index in [1.54, 1.807) is 40.6 Å². The SMILES string of the molecule is CC1[C@@H](C)CC(C(=O)NCc2cc(C(=N)N)cs2)N1C(=O)CNC(=O)c1ccc(Oc2ccccc2)nc1. The first-order chi connectivity index (χ1) is 18.2. The van der Waals surface area contributed by atoms with Crippen molar-refractivity contribution in [3.63, 3.8) is 0 Å². The van der Waals surface area contributed by atoms with Crippen molar-refractivity contribution in [2.45, 2.75) is 38.9 Å². The summed E-state index contributed by atoms with van der Waals surface area (Å²) in [5.41, 5.74) is 6.41. The third-order valence-electron chi connectivity index (χ3n) is 6.55. The molecule has 1 fully saturated rings. The summed E-state index contributed by atoms with van der Waals surface area (Å²) in [5.74, 6) is 0.0430. The van der Waals surface area contributed by atoms with Crippen LogP contribution >= 0.6 is 11.3 Å². The normalized spacial score (nSPS) is 18.6. The number of aromatic nitrogens is 1. The van der Waals surface area contributed by atoms with Gasteiger partial charge in [0.1, 0.15) is 17.6 Å². The van der Waals surface area contributed by atoms with Gasteiger partial charge in [-0.3, -0.25) is 19.8 Å². The van der Waals surface area contributed by atoms with Gasteiger partial charge in [0.25, 0.3) is 5.91 Å². The number of thiophene rings is 1. The van der Waals surface area contributed by atoms with E-state index >= 15 is 0 Å². The number of hydrogen-bond acceptors (Lipinski definition) is 7. The van der Waals surface area contributed by atoms with Crippen molar-refractivity contribution in [1.82, 2.24) is 20.5 Å². The summed E-state index contributed by atoms with van der Waals surface area (Å²) in [6, 6.07) is 13.3. The van der Waals surface area contributed by atoms with Crippen molar-refractivity contribution < 1.29 is 19.1 Å². The monoisotopic (exact) mass is 534 g/mol. The van der Waals surface area contributed by atoms with Crippen molar-refractivity contribution >= 4 is 34.9 Å². The summed E-state index contributed by atoms with van der Waals surface area (Å²) >= 11 is 1.40. The molecule has 38 heavy (non-hydrogen) atoms. The number of carbonyl (C=O) groups excluding carboxylic acids is 3. The first-order valence-electron chi connectivity index (χ1n) is 12.2. The van der Waals surface area contributed by atoms with Crippen LogP contribution in [0, 0.1) is 11.3 Å². The van der Waals surface area contributed by atoms with Gasteiger partial charge >= 0.3 is 0 Å². The van der Waals surface area contributed by atoms with Gasteiger partial charge in [-0.25, -0.2) is 4.98 Å². The lowest BCUT2D eigenvalue weighted by atomic mass is 10.0. The molecule has 198 valence electrons. The predicted octanol–water partition coefficient (Wildman–Crippen LogP) is 2.89. The zero-order chi connectivity index (χ0) is 27.2. The molecule has 5 N–H and O–H groups in total. The Kier molecular flexibility index (Phi) is 8.37. The fourth-order valence-electron chi connectivity index (χ4n) is 4.30. The number of nitrogens with two attached hydrogens (primary N) is 1. The number of hydrogen-bond donors (Lipinski definition) is 4. The molecule has 3 atom stereocenters. The number of ether oxygens (including phenoxy) is 1. The minimum atomic E-state index is -0.632. The second kappa shape index (κ2) is 11.9. The maximum absolute atomic E-state index is 13.1. The Balaban J connectivity index is 1.32. The highest BCUT2D eigenvalue weighted by atomic mass is 32.1. The summed E-state index contributed by atoms with van der Waals surface area (Å²) in [7, 11) is 0. The molecule has 1 aromatic carbocycles. The topological polar surface area (TPSA) is 150 Å². The number of pyridine rings is 1. The average molecular weight is 535 g/mol. The van der Waals surface area contributed by atoms with Gasteiger partial charge in [0.05, 0.1) is 18.7 Å². The number of nitrogen functional groups attached to an aromatic ring is 1. The van der Waals surface area contributed by atoms with E-state index in [0.29, 0.717) is 23.6 Å². The number of likely N-dealkylation sites (tertiary alicyclic amines) is 1. The van der Waals surface area contributed by atoms with Gasteiger partial charge in [0.2, 0.25) is 17.7 Å². The zero-order valence-corrected chi connectivity index (χ0v) is 22.0. The molecule has 0 bridgehead atoms. The highest BCUT2D eigenvalue weighted by molar-refractivity contribution is 7.10. The Morgan fingerprint density at radius 2 is 1.89 bits per heavy atom. The third-order valence-corrected chi connectivity index (χ3v) is 7.49. The van der Waals surface area contributed by atoms with Gasteiger partial charge < -0.3 is 26.0 Å². The molecule has 0 radical (unpaired) electrons. The number of nitrogens with zero attached hydrogens (tertiary/aromatic N) is 2. The number of para-hydroxylation sites is 1. The zero-order valence-electron chi connectivity index (χ0n) is 21.1. The van der Waals surface area contributed by atoms with Crippen LogP contribution in [0.1, 0.15) is 41.1 Å². The molecule has 11 heteroatoms. The maximum Gasteiger partial charge on any atom is 0.253 e. The van der Waals surface area contributed by atoms with Crippen molar-refractivity contribution in [2.24, 2.45) is 11.7 Å². The minimum Gasteiger partial charge on any atom is -0.439 e. The molecule has 10 nitrogen and oxygen atoms in total. The summed E-state index contributed by atoms with van der Waals surface area (Å²) in [5, 5.41) is 14.8. The summed E-state index contributed by atoms with van der Waals surface area (Å²) in [4.78, 5) is 45.4. The number of nitrogens with one attached hydrogen (secondary N) is 3. The van der Waals surface area contributed by atoms with E-state index in [4.69, 9.17) is 15.9 Å². The highest BCUT2D eigenvalue weighted by Crippen LogP contribution is 2.30. The van der Waals surface area contributed by atoms with E-state index in [1.165, 1.54) is 17.5 Å². The Bertz CT molecular complexity index is 1310. The standard InChI is InChI=1S/C27H30N6O4S/c1-16-10-22(27(36)31-13-21-11-19(15-38-21)25(28)29)33(17(16)2)24(34)14-32-26(35)18-8-9-23(30-12-18)37-20-6-4-3-5-7-20/h3-9,11-12,15-17,22H,10,13-14H2,1-2H3,(H3,28,29)(H,31,36)(H,32,35)/t16-,17?,22?/m0/s1. The molecule has 3 heterocycles. The van der Waals surface area contributed by atoms with Gasteiger partial charge in [-0.2, -0.15) is 0 Å². The molecule has 1 aliphatic rings. The fourth-order valence-corrected chi connectivity index (χ4v) is 5.12. The van der Waals surface area contributed by atoms with E-state index in [2.05, 4.69) is 15.6 Å². The van der Waals surface area contributed by atoms with Crippen LogP contribution < -0.4 is 21.1 Å². The molecule has 2 aromatic heterocycles. The molecule has 1 aliphatic heterocycles. The van der Waals surface area contributed by atoms with Gasteiger partial charge in [0, 0.05) is 34.1 Å². The van der Waals surface area contributed by atoms with Crippen molar-refractivity contribution in [1.29, 1.82) is 5.41 Å². The predicted molar refractivity (Wildman–Crippen MR) is 144 cm³/mol. The smallest absolute Gasteiger partial charge is 0.253 e. The number of benzene rings is 1. The van der Waals surface area contributed by atoms with Crippen LogP contribution in [0.3, 0.4) is 0 Å². The van der Waals surface area contributed by atoms with Gasteiger partial charge in [-0.05, 0) is 43.5 Å². The van der Waals surface area contributed by atoms with E-state index < -0.39 is 11.9 Å². The molecule has 0 aliphatic carbocycles. The lowest BCUT2D eigenvalue weighted by Crippen LogP contribution is -2.51.